The summed E-state index contributed by atoms with van der Waals surface area (Å²) in [5.41, 5.74) is 1.16. The lowest BCUT2D eigenvalue weighted by Crippen LogP contribution is -2.45. The predicted octanol–water partition coefficient (Wildman–Crippen LogP) is 2.20. The van der Waals surface area contributed by atoms with Crippen molar-refractivity contribution in [1.29, 1.82) is 0 Å². The van der Waals surface area contributed by atoms with Crippen LogP contribution in [0, 0.1) is 0 Å². The van der Waals surface area contributed by atoms with Crippen LogP contribution in [-0.4, -0.2) is 63.5 Å². The maximum Gasteiger partial charge on any atom is 0.341 e. The Hall–Kier alpha value is -3.83. The van der Waals surface area contributed by atoms with Crippen molar-refractivity contribution < 1.29 is 23.8 Å². The van der Waals surface area contributed by atoms with Gasteiger partial charge >= 0.3 is 12.0 Å². The molecule has 0 spiro atoms. The third kappa shape index (κ3) is 4.41. The van der Waals surface area contributed by atoms with Crippen LogP contribution in [0.1, 0.15) is 23.3 Å². The number of aromatic nitrogens is 4. The van der Waals surface area contributed by atoms with Crippen LogP contribution in [0.25, 0.3) is 0 Å². The number of carbonyl (C=O) groups is 2. The summed E-state index contributed by atoms with van der Waals surface area (Å²) < 4.78 is 19.3. The molecule has 2 fully saturated rings. The van der Waals surface area contributed by atoms with Crippen molar-refractivity contribution in [3.63, 3.8) is 0 Å². The number of nitrogens with zero attached hydrogens (tertiary/aromatic N) is 4. The summed E-state index contributed by atoms with van der Waals surface area (Å²) >= 11 is 0. The van der Waals surface area contributed by atoms with Gasteiger partial charge in [0, 0.05) is 11.3 Å². The van der Waals surface area contributed by atoms with Crippen LogP contribution in [0.3, 0.4) is 0 Å². The molecule has 2 aliphatic heterocycles. The number of rotatable bonds is 6. The Labute approximate surface area is 189 Å². The Bertz CT molecular complexity index is 1140. The summed E-state index contributed by atoms with van der Waals surface area (Å²) in [6, 6.07) is 15.1. The van der Waals surface area contributed by atoms with Crippen LogP contribution in [0.5, 0.6) is 11.8 Å². The first-order chi connectivity index (χ1) is 16.1. The molecule has 0 unspecified atom stereocenters. The van der Waals surface area contributed by atoms with Gasteiger partial charge in [-0.25, -0.2) is 4.79 Å². The summed E-state index contributed by atoms with van der Waals surface area (Å²) in [5, 5.41) is 17.4. The van der Waals surface area contributed by atoms with E-state index in [1.807, 2.05) is 30.3 Å². The van der Waals surface area contributed by atoms with E-state index in [0.29, 0.717) is 30.2 Å². The Kier molecular flexibility index (Phi) is 5.71. The molecule has 2 aromatic carbocycles. The van der Waals surface area contributed by atoms with Gasteiger partial charge in [0.1, 0.15) is 24.0 Å². The van der Waals surface area contributed by atoms with Crippen molar-refractivity contribution in [2.75, 3.05) is 18.5 Å². The first-order valence-corrected chi connectivity index (χ1v) is 10.5. The molecule has 0 aliphatic carbocycles. The smallest absolute Gasteiger partial charge is 0.341 e. The normalized spacial score (nSPS) is 23.7. The molecule has 11 nitrogen and oxygen atoms in total. The lowest BCUT2D eigenvalue weighted by atomic mass is 10.1. The zero-order chi connectivity index (χ0) is 22.8. The molecule has 0 bridgehead atoms. The summed E-state index contributed by atoms with van der Waals surface area (Å²) in [6.07, 6.45) is -0.693. The molecule has 3 aromatic rings. The van der Waals surface area contributed by atoms with Gasteiger partial charge in [-0.2, -0.15) is 4.68 Å². The number of tetrazole rings is 1. The number of Topliss-reactive ketones (excluding diaryl/α,β-unsaturated/α-hetero) is 1. The standard InChI is InChI=1S/C22H22N6O5/c1-13(29)14-7-9-15(10-8-14)23-21(30)24-17-11-31-20-18(12-32-19(17)20)28-22(25-26-27-28)33-16-5-3-2-4-6-16/h2-10,17-20H,11-12H2,1H3,(H2,23,24,30)/t17-,18+,19-,20+/m1/s1. The summed E-state index contributed by atoms with van der Waals surface area (Å²) in [7, 11) is 0. The summed E-state index contributed by atoms with van der Waals surface area (Å²) in [6.45, 7) is 2.10. The quantitative estimate of drug-likeness (QED) is 0.547. The van der Waals surface area contributed by atoms with Crippen LogP contribution in [-0.2, 0) is 9.47 Å². The number of ether oxygens (including phenoxy) is 3. The molecule has 170 valence electrons. The fraction of sp³-hybridized carbons (Fsp3) is 0.318. The number of urea groups is 1. The second kappa shape index (κ2) is 8.96. The average Bonchev–Trinajstić information content (AvgIpc) is 3.53. The molecule has 2 N–H and O–H groups in total. The van der Waals surface area contributed by atoms with Gasteiger partial charge in [0.15, 0.2) is 5.78 Å². The fourth-order valence-electron chi connectivity index (χ4n) is 3.99. The molecule has 3 heterocycles. The molecule has 11 heteroatoms. The Balaban J connectivity index is 1.21. The molecule has 0 saturated carbocycles. The monoisotopic (exact) mass is 450 g/mol. The number of amides is 2. The number of ketones is 1. The second-order valence-electron chi connectivity index (χ2n) is 7.82. The lowest BCUT2D eigenvalue weighted by Gasteiger charge is -2.18. The molecule has 0 radical (unpaired) electrons. The molecular formula is C22H22N6O5. The Morgan fingerprint density at radius 1 is 1.03 bits per heavy atom. The predicted molar refractivity (Wildman–Crippen MR) is 115 cm³/mol. The van der Waals surface area contributed by atoms with Crippen molar-refractivity contribution in [3.05, 3.63) is 60.2 Å². The van der Waals surface area contributed by atoms with Crippen LogP contribution in [0.4, 0.5) is 10.5 Å². The average molecular weight is 450 g/mol. The highest BCUT2D eigenvalue weighted by atomic mass is 16.6. The van der Waals surface area contributed by atoms with Gasteiger partial charge in [-0.05, 0) is 53.7 Å². The van der Waals surface area contributed by atoms with E-state index in [-0.39, 0.29) is 42.1 Å². The van der Waals surface area contributed by atoms with Crippen LogP contribution < -0.4 is 15.4 Å². The highest BCUT2D eigenvalue weighted by Gasteiger charge is 2.50. The summed E-state index contributed by atoms with van der Waals surface area (Å²) in [5.74, 6) is 0.580. The lowest BCUT2D eigenvalue weighted by molar-refractivity contribution is 0.0613. The third-order valence-corrected chi connectivity index (χ3v) is 5.62. The van der Waals surface area contributed by atoms with Gasteiger partial charge in [-0.3, -0.25) is 4.79 Å². The van der Waals surface area contributed by atoms with Crippen LogP contribution in [0.15, 0.2) is 54.6 Å². The molecule has 2 amide bonds. The van der Waals surface area contributed by atoms with E-state index in [0.717, 1.165) is 0 Å². The van der Waals surface area contributed by atoms with E-state index in [1.54, 1.807) is 28.9 Å². The van der Waals surface area contributed by atoms with E-state index in [9.17, 15) is 9.59 Å². The number of benzene rings is 2. The molecule has 2 saturated heterocycles. The van der Waals surface area contributed by atoms with Crippen molar-refractivity contribution in [2.24, 2.45) is 0 Å². The van der Waals surface area contributed by atoms with Gasteiger partial charge in [-0.15, -0.1) is 0 Å². The molecular weight excluding hydrogens is 428 g/mol. The number of carbonyl (C=O) groups excluding carboxylic acids is 2. The number of para-hydroxylation sites is 1. The minimum absolute atomic E-state index is 0.0343. The first-order valence-electron chi connectivity index (χ1n) is 10.5. The minimum Gasteiger partial charge on any atom is -0.423 e. The van der Waals surface area contributed by atoms with E-state index in [4.69, 9.17) is 14.2 Å². The first kappa shape index (κ1) is 21.0. The number of fused-ring (bicyclic) bond motifs is 1. The van der Waals surface area contributed by atoms with Crippen LogP contribution >= 0.6 is 0 Å². The van der Waals surface area contributed by atoms with Crippen molar-refractivity contribution in [3.8, 4) is 11.8 Å². The number of nitrogens with one attached hydrogen (secondary N) is 2. The SMILES string of the molecule is CC(=O)c1ccc(NC(=O)N[C@@H]2CO[C@@H]3[C@@H]2OC[C@@H]3n2nnnc2Oc2ccccc2)cc1. The van der Waals surface area contributed by atoms with Crippen molar-refractivity contribution in [2.45, 2.75) is 31.2 Å². The van der Waals surface area contributed by atoms with Crippen molar-refractivity contribution in [1.82, 2.24) is 25.5 Å². The van der Waals surface area contributed by atoms with Gasteiger partial charge < -0.3 is 24.8 Å². The highest BCUT2D eigenvalue weighted by Crippen LogP contribution is 2.36. The van der Waals surface area contributed by atoms with E-state index in [2.05, 4.69) is 26.2 Å². The fourth-order valence-corrected chi connectivity index (χ4v) is 3.99. The zero-order valence-corrected chi connectivity index (χ0v) is 17.7. The number of hydrogen-bond acceptors (Lipinski definition) is 8. The topological polar surface area (TPSA) is 129 Å². The minimum atomic E-state index is -0.387. The van der Waals surface area contributed by atoms with E-state index >= 15 is 0 Å². The van der Waals surface area contributed by atoms with E-state index < -0.39 is 0 Å². The highest BCUT2D eigenvalue weighted by molar-refractivity contribution is 5.95. The van der Waals surface area contributed by atoms with Crippen molar-refractivity contribution >= 4 is 17.5 Å². The largest absolute Gasteiger partial charge is 0.423 e. The third-order valence-electron chi connectivity index (χ3n) is 5.62. The molecule has 2 aliphatic rings. The maximum atomic E-state index is 12.5. The Morgan fingerprint density at radius 3 is 2.55 bits per heavy atom. The molecule has 4 atom stereocenters. The van der Waals surface area contributed by atoms with Crippen LogP contribution in [0.2, 0.25) is 0 Å². The molecule has 33 heavy (non-hydrogen) atoms. The van der Waals surface area contributed by atoms with Gasteiger partial charge in [0.25, 0.3) is 0 Å². The number of hydrogen-bond donors (Lipinski definition) is 2. The zero-order valence-electron chi connectivity index (χ0n) is 17.7. The molecule has 5 rings (SSSR count). The maximum absolute atomic E-state index is 12.5. The summed E-state index contributed by atoms with van der Waals surface area (Å²) in [4.78, 5) is 23.9. The van der Waals surface area contributed by atoms with Gasteiger partial charge in [0.05, 0.1) is 19.3 Å². The number of anilines is 1. The molecule has 1 aromatic heterocycles. The second-order valence-corrected chi connectivity index (χ2v) is 7.82. The van der Waals surface area contributed by atoms with Gasteiger partial charge in [0.2, 0.25) is 0 Å². The Morgan fingerprint density at radius 2 is 1.79 bits per heavy atom. The van der Waals surface area contributed by atoms with E-state index in [1.165, 1.54) is 6.92 Å². The van der Waals surface area contributed by atoms with Gasteiger partial charge in [-0.1, -0.05) is 23.3 Å².